The van der Waals surface area contributed by atoms with E-state index in [4.69, 9.17) is 0 Å². The van der Waals surface area contributed by atoms with Crippen LogP contribution in [0.1, 0.15) is 52.9 Å². The standard InChI is InChI=1S/C25H32F4N4O3/c1-14-10-17(13-24(2,3)12-14)33-22-19(11-15(21(26)32-22)4-9-20(34)35)31-23(33)30-16-5-7-18(8-6-16)36-25(27,28)29/h5-8,11,14,17,20,22,32,34-35H,4,9-10,12-13H2,1-3H3,(H,30,31)/t14-,17+,22?/m0/s1. The Balaban J connectivity index is 1.65. The molecular formula is C25H32F4N4O3. The van der Waals surface area contributed by atoms with Crippen molar-refractivity contribution in [2.24, 2.45) is 16.3 Å². The molecule has 0 radical (unpaired) electrons. The molecule has 2 heterocycles. The maximum absolute atomic E-state index is 15.0. The Kier molecular flexibility index (Phi) is 7.25. The lowest BCUT2D eigenvalue weighted by Crippen LogP contribution is -2.52. The van der Waals surface area contributed by atoms with E-state index in [9.17, 15) is 23.4 Å². The molecule has 0 aromatic heterocycles. The van der Waals surface area contributed by atoms with Gasteiger partial charge in [-0.3, -0.25) is 0 Å². The first kappa shape index (κ1) is 26.3. The minimum Gasteiger partial charge on any atom is -0.406 e. The number of aliphatic imine (C=N–C) groups is 1. The summed E-state index contributed by atoms with van der Waals surface area (Å²) in [6.07, 6.45) is -2.27. The molecule has 198 valence electrons. The van der Waals surface area contributed by atoms with E-state index in [-0.39, 0.29) is 30.0 Å². The van der Waals surface area contributed by atoms with E-state index in [1.807, 2.05) is 4.90 Å². The Morgan fingerprint density at radius 1 is 1.19 bits per heavy atom. The van der Waals surface area contributed by atoms with Gasteiger partial charge in [-0.15, -0.1) is 13.2 Å². The van der Waals surface area contributed by atoms with Gasteiger partial charge in [0, 0.05) is 18.0 Å². The molecule has 4 rings (SSSR count). The van der Waals surface area contributed by atoms with E-state index in [0.717, 1.165) is 19.3 Å². The van der Waals surface area contributed by atoms with E-state index in [1.54, 1.807) is 6.08 Å². The molecule has 3 atom stereocenters. The second-order valence-electron chi connectivity index (χ2n) is 10.6. The summed E-state index contributed by atoms with van der Waals surface area (Å²) >= 11 is 0. The third-order valence-electron chi connectivity index (χ3n) is 6.68. The molecule has 1 saturated heterocycles. The monoisotopic (exact) mass is 512 g/mol. The Hall–Kier alpha value is -2.79. The molecule has 1 aromatic carbocycles. The summed E-state index contributed by atoms with van der Waals surface area (Å²) in [5, 5.41) is 24.5. The Labute approximate surface area is 207 Å². The Bertz CT molecular complexity index is 1050. The number of halogens is 4. The second kappa shape index (κ2) is 9.93. The van der Waals surface area contributed by atoms with Crippen molar-refractivity contribution in [2.75, 3.05) is 0 Å². The first-order valence-electron chi connectivity index (χ1n) is 12.0. The largest absolute Gasteiger partial charge is 0.573 e. The summed E-state index contributed by atoms with van der Waals surface area (Å²) in [4.78, 5) is 6.68. The molecule has 1 aliphatic carbocycles. The fraction of sp³-hybridized carbons (Fsp3) is 0.560. The first-order chi connectivity index (χ1) is 16.8. The molecule has 0 bridgehead atoms. The summed E-state index contributed by atoms with van der Waals surface area (Å²) < 4.78 is 56.5. The molecule has 11 heteroatoms. The second-order valence-corrected chi connectivity index (χ2v) is 10.6. The predicted molar refractivity (Wildman–Crippen MR) is 126 cm³/mol. The van der Waals surface area contributed by atoms with Crippen LogP contribution in [0.4, 0.5) is 23.2 Å². The van der Waals surface area contributed by atoms with Crippen molar-refractivity contribution < 1.29 is 32.5 Å². The van der Waals surface area contributed by atoms with Crippen LogP contribution >= 0.6 is 0 Å². The fourth-order valence-electron chi connectivity index (χ4n) is 5.55. The number of aliphatic hydroxyl groups excluding tert-OH is 1. The van der Waals surface area contributed by atoms with Crippen molar-refractivity contribution in [1.82, 2.24) is 15.5 Å². The maximum Gasteiger partial charge on any atom is 0.573 e. The Morgan fingerprint density at radius 2 is 1.89 bits per heavy atom. The van der Waals surface area contributed by atoms with Gasteiger partial charge >= 0.3 is 6.36 Å². The van der Waals surface area contributed by atoms with E-state index < -0.39 is 24.8 Å². The lowest BCUT2D eigenvalue weighted by molar-refractivity contribution is -0.274. The van der Waals surface area contributed by atoms with Crippen LogP contribution in [0.3, 0.4) is 0 Å². The van der Waals surface area contributed by atoms with Gasteiger partial charge in [-0.1, -0.05) is 20.8 Å². The maximum atomic E-state index is 15.0. The van der Waals surface area contributed by atoms with Gasteiger partial charge in [-0.05, 0) is 67.4 Å². The van der Waals surface area contributed by atoms with Crippen molar-refractivity contribution in [3.8, 4) is 5.75 Å². The minimum absolute atomic E-state index is 0.00971. The van der Waals surface area contributed by atoms with Crippen LogP contribution in [0.25, 0.3) is 0 Å². The van der Waals surface area contributed by atoms with E-state index in [2.05, 4.69) is 41.1 Å². The van der Waals surface area contributed by atoms with E-state index in [1.165, 1.54) is 24.3 Å². The van der Waals surface area contributed by atoms with Gasteiger partial charge in [0.25, 0.3) is 0 Å². The van der Waals surface area contributed by atoms with Crippen LogP contribution in [0.2, 0.25) is 0 Å². The van der Waals surface area contributed by atoms with Gasteiger partial charge in [-0.2, -0.15) is 4.39 Å². The van der Waals surface area contributed by atoms with Gasteiger partial charge in [-0.25, -0.2) is 4.99 Å². The highest BCUT2D eigenvalue weighted by molar-refractivity contribution is 5.88. The average Bonchev–Trinajstić information content (AvgIpc) is 3.07. The molecule has 7 nitrogen and oxygen atoms in total. The number of nitrogens with one attached hydrogen (secondary N) is 2. The highest BCUT2D eigenvalue weighted by Crippen LogP contribution is 2.43. The summed E-state index contributed by atoms with van der Waals surface area (Å²) in [7, 11) is 0. The molecule has 4 N–H and O–H groups in total. The van der Waals surface area contributed by atoms with Crippen LogP contribution in [-0.4, -0.2) is 45.9 Å². The first-order valence-corrected chi connectivity index (χ1v) is 12.0. The Morgan fingerprint density at radius 3 is 2.50 bits per heavy atom. The fourth-order valence-corrected chi connectivity index (χ4v) is 5.55. The van der Waals surface area contributed by atoms with Crippen molar-refractivity contribution in [1.29, 1.82) is 0 Å². The minimum atomic E-state index is -4.78. The lowest BCUT2D eigenvalue weighted by Gasteiger charge is -2.45. The number of rotatable bonds is 6. The number of dihydropyridines is 1. The number of alkyl halides is 3. The van der Waals surface area contributed by atoms with Crippen molar-refractivity contribution in [3.05, 3.63) is 47.6 Å². The number of fused-ring (bicyclic) bond motifs is 1. The highest BCUT2D eigenvalue weighted by atomic mass is 19.4. The summed E-state index contributed by atoms with van der Waals surface area (Å²) in [5.74, 6) is 0.0339. The number of allylic oxidation sites excluding steroid dienone is 2. The zero-order valence-electron chi connectivity index (χ0n) is 20.4. The number of nitrogens with zero attached hydrogens (tertiary/aromatic N) is 2. The number of hydrogen-bond acceptors (Lipinski definition) is 5. The number of aliphatic hydroxyl groups is 2. The molecule has 0 amide bonds. The predicted octanol–water partition coefficient (Wildman–Crippen LogP) is 4.78. The normalized spacial score (nSPS) is 27.1. The van der Waals surface area contributed by atoms with E-state index in [0.29, 0.717) is 28.8 Å². The quantitative estimate of drug-likeness (QED) is 0.249. The summed E-state index contributed by atoms with van der Waals surface area (Å²) in [6, 6.07) is 5.29. The van der Waals surface area contributed by atoms with Crippen LogP contribution in [0, 0.1) is 11.3 Å². The van der Waals surface area contributed by atoms with Crippen molar-refractivity contribution >= 4 is 11.6 Å². The number of hydrogen-bond donors (Lipinski definition) is 4. The molecular weight excluding hydrogens is 480 g/mol. The topological polar surface area (TPSA) is 89.4 Å². The molecule has 1 unspecified atom stereocenters. The molecule has 3 aliphatic rings. The number of ether oxygens (including phenoxy) is 1. The zero-order chi connectivity index (χ0) is 26.3. The van der Waals surface area contributed by atoms with Crippen LogP contribution in [0.5, 0.6) is 5.75 Å². The van der Waals surface area contributed by atoms with Crippen molar-refractivity contribution in [2.45, 2.75) is 77.7 Å². The van der Waals surface area contributed by atoms with E-state index >= 15 is 4.39 Å². The average molecular weight is 513 g/mol. The van der Waals surface area contributed by atoms with Gasteiger partial charge in [0.2, 0.25) is 5.96 Å². The molecule has 2 aliphatic heterocycles. The number of benzene rings is 1. The van der Waals surface area contributed by atoms with Crippen LogP contribution in [0.15, 0.2) is 52.6 Å². The van der Waals surface area contributed by atoms with Gasteiger partial charge in [0.1, 0.15) is 11.9 Å². The molecule has 0 spiro atoms. The lowest BCUT2D eigenvalue weighted by atomic mass is 9.70. The molecule has 1 saturated carbocycles. The van der Waals surface area contributed by atoms with Crippen LogP contribution < -0.4 is 15.4 Å². The summed E-state index contributed by atoms with van der Waals surface area (Å²) in [5.41, 5.74) is 1.47. The molecule has 1 aromatic rings. The smallest absolute Gasteiger partial charge is 0.406 e. The SMILES string of the molecule is C[C@H]1C[C@@H](N2C(=Nc3ccc(OC(F)(F)F)cc3)NC3=CC(CCC(O)O)=C(F)NC32)CC(C)(C)C1. The van der Waals surface area contributed by atoms with Gasteiger partial charge in [0.15, 0.2) is 12.2 Å². The molecule has 2 fully saturated rings. The van der Waals surface area contributed by atoms with Gasteiger partial charge < -0.3 is 30.5 Å². The number of guanidine groups is 1. The van der Waals surface area contributed by atoms with Gasteiger partial charge in [0.05, 0.1) is 11.4 Å². The van der Waals surface area contributed by atoms with Crippen molar-refractivity contribution in [3.63, 3.8) is 0 Å². The zero-order valence-corrected chi connectivity index (χ0v) is 20.4. The third-order valence-corrected chi connectivity index (χ3v) is 6.68. The highest BCUT2D eigenvalue weighted by Gasteiger charge is 2.45. The van der Waals surface area contributed by atoms with Crippen LogP contribution in [-0.2, 0) is 0 Å². The summed E-state index contributed by atoms with van der Waals surface area (Å²) in [6.45, 7) is 6.61. The third kappa shape index (κ3) is 6.31. The molecule has 36 heavy (non-hydrogen) atoms.